The highest BCUT2D eigenvalue weighted by Crippen LogP contribution is 2.37. The zero-order chi connectivity index (χ0) is 26.9. The molecule has 0 saturated carbocycles. The Bertz CT molecular complexity index is 1380. The van der Waals surface area contributed by atoms with Gasteiger partial charge in [-0.2, -0.15) is 5.26 Å². The van der Waals surface area contributed by atoms with Gasteiger partial charge < -0.3 is 20.1 Å². The quantitative estimate of drug-likeness (QED) is 0.222. The number of nitrogens with one attached hydrogen (secondary N) is 2. The van der Waals surface area contributed by atoms with Gasteiger partial charge in [0, 0.05) is 16.8 Å². The Morgan fingerprint density at radius 2 is 1.89 bits per heavy atom. The normalized spacial score (nSPS) is 15.6. The molecule has 1 aliphatic rings. The lowest BCUT2D eigenvalue weighted by Crippen LogP contribution is -2.30. The predicted octanol–water partition coefficient (Wildman–Crippen LogP) is 6.43. The summed E-state index contributed by atoms with van der Waals surface area (Å²) < 4.78 is 12.2. The van der Waals surface area contributed by atoms with Crippen LogP contribution in [0, 0.1) is 11.3 Å². The maximum Gasteiger partial charge on any atom is 0.260 e. The maximum absolute atomic E-state index is 12.7. The Labute approximate surface area is 228 Å². The van der Waals surface area contributed by atoms with Gasteiger partial charge in [-0.05, 0) is 67.3 Å². The number of aryl methyl sites for hydroxylation is 1. The van der Waals surface area contributed by atoms with Gasteiger partial charge in [0.1, 0.15) is 6.61 Å². The van der Waals surface area contributed by atoms with Crippen LogP contribution in [0.4, 0.5) is 5.69 Å². The van der Waals surface area contributed by atoms with Crippen LogP contribution in [0.5, 0.6) is 11.5 Å². The van der Waals surface area contributed by atoms with Crippen LogP contribution in [0.15, 0.2) is 78.2 Å². The molecule has 2 N–H and O–H groups in total. The van der Waals surface area contributed by atoms with Gasteiger partial charge in [-0.1, -0.05) is 55.1 Å². The number of amides is 1. The van der Waals surface area contributed by atoms with Crippen molar-refractivity contribution in [2.45, 2.75) is 38.8 Å². The zero-order valence-corrected chi connectivity index (χ0v) is 22.4. The molecule has 0 aliphatic carbocycles. The number of nitriles is 1. The van der Waals surface area contributed by atoms with E-state index in [1.54, 1.807) is 12.1 Å². The number of anilines is 1. The summed E-state index contributed by atoms with van der Waals surface area (Å²) in [5, 5.41) is 15.8. The van der Waals surface area contributed by atoms with Crippen molar-refractivity contribution in [2.24, 2.45) is 0 Å². The number of allylic oxidation sites excluding steroid dienone is 1. The summed E-state index contributed by atoms with van der Waals surface area (Å²) in [7, 11) is 0. The minimum Gasteiger partial charge on any atom is -0.490 e. The first-order valence-corrected chi connectivity index (χ1v) is 13.5. The van der Waals surface area contributed by atoms with Gasteiger partial charge in [-0.25, -0.2) is 0 Å². The summed E-state index contributed by atoms with van der Waals surface area (Å²) in [6.45, 7) is 8.62. The average molecular weight is 526 g/mol. The first kappa shape index (κ1) is 26.9. The topological polar surface area (TPSA) is 83.4 Å². The molecule has 1 saturated heterocycles. The fourth-order valence-corrected chi connectivity index (χ4v) is 5.10. The van der Waals surface area contributed by atoms with Crippen molar-refractivity contribution in [2.75, 3.05) is 11.9 Å². The van der Waals surface area contributed by atoms with Crippen molar-refractivity contribution in [1.82, 2.24) is 5.32 Å². The number of benzene rings is 3. The average Bonchev–Trinajstić information content (AvgIpc) is 3.27. The van der Waals surface area contributed by atoms with E-state index in [2.05, 4.69) is 42.3 Å². The molecule has 0 unspecified atom stereocenters. The van der Waals surface area contributed by atoms with E-state index in [0.717, 1.165) is 28.8 Å². The van der Waals surface area contributed by atoms with Gasteiger partial charge in [0.05, 0.1) is 23.1 Å². The number of nitrogens with zero attached hydrogens (tertiary/aromatic N) is 1. The molecule has 6 nitrogen and oxygen atoms in total. The van der Waals surface area contributed by atoms with E-state index in [4.69, 9.17) is 9.47 Å². The summed E-state index contributed by atoms with van der Waals surface area (Å²) in [6, 6.07) is 21.7. The lowest BCUT2D eigenvalue weighted by atomic mass is 10.0. The number of rotatable bonds is 11. The summed E-state index contributed by atoms with van der Waals surface area (Å²) in [4.78, 5) is 13.4. The molecule has 0 radical (unpaired) electrons. The molecule has 3 aromatic carbocycles. The van der Waals surface area contributed by atoms with E-state index in [9.17, 15) is 10.1 Å². The van der Waals surface area contributed by atoms with E-state index < -0.39 is 0 Å². The molecule has 1 heterocycles. The molecule has 3 aromatic rings. The van der Waals surface area contributed by atoms with Crippen LogP contribution in [-0.2, 0) is 24.2 Å². The lowest BCUT2D eigenvalue weighted by molar-refractivity contribution is -0.116. The highest BCUT2D eigenvalue weighted by atomic mass is 32.2. The van der Waals surface area contributed by atoms with E-state index in [0.29, 0.717) is 35.0 Å². The molecule has 4 rings (SSSR count). The molecule has 1 fully saturated rings. The van der Waals surface area contributed by atoms with E-state index in [1.165, 1.54) is 17.3 Å². The van der Waals surface area contributed by atoms with Gasteiger partial charge in [0.25, 0.3) is 5.91 Å². The van der Waals surface area contributed by atoms with Gasteiger partial charge in [0.2, 0.25) is 0 Å². The third-order valence-corrected chi connectivity index (χ3v) is 7.05. The van der Waals surface area contributed by atoms with Gasteiger partial charge in [-0.15, -0.1) is 6.58 Å². The molecule has 194 valence electrons. The molecule has 0 spiro atoms. The molecule has 38 heavy (non-hydrogen) atoms. The molecular formula is C31H31N3O3S. The molecule has 1 aliphatic heterocycles. The van der Waals surface area contributed by atoms with Crippen molar-refractivity contribution in [3.8, 4) is 17.6 Å². The van der Waals surface area contributed by atoms with Crippen LogP contribution >= 0.6 is 11.8 Å². The van der Waals surface area contributed by atoms with Gasteiger partial charge >= 0.3 is 0 Å². The molecule has 1 atom stereocenters. The first-order chi connectivity index (χ1) is 18.5. The third-order valence-electron chi connectivity index (χ3n) is 6.02. The summed E-state index contributed by atoms with van der Waals surface area (Å²) in [6.07, 6.45) is 5.21. The monoisotopic (exact) mass is 525 g/mol. The Kier molecular flexibility index (Phi) is 9.12. The van der Waals surface area contributed by atoms with Crippen LogP contribution in [0.1, 0.15) is 41.7 Å². The van der Waals surface area contributed by atoms with Crippen molar-refractivity contribution < 1.29 is 14.3 Å². The zero-order valence-electron chi connectivity index (χ0n) is 21.6. The minimum absolute atomic E-state index is 0.130. The third kappa shape index (κ3) is 6.58. The number of ether oxygens (including phenoxy) is 2. The standard InChI is InChI=1S/C31H31N3O3S/c1-4-9-23-16-22(17-27(36-6-3)29(23)37-20-25-11-8-7-10-24(25)19-32)18-28-30(35)34-31(38-28)33-26-14-12-21(5-2)13-15-26/h4,7-8,10-18,31,33H,1,5-6,9,20H2,2-3H3,(H,34,35)/b28-18-/t31-/m0/s1. The molecular weight excluding hydrogens is 494 g/mol. The smallest absolute Gasteiger partial charge is 0.260 e. The number of carbonyl (C=O) groups excluding carboxylic acids is 1. The largest absolute Gasteiger partial charge is 0.490 e. The van der Waals surface area contributed by atoms with Gasteiger partial charge in [-0.3, -0.25) is 4.79 Å². The Morgan fingerprint density at radius 1 is 1.11 bits per heavy atom. The second-order valence-electron chi connectivity index (χ2n) is 8.67. The highest BCUT2D eigenvalue weighted by Gasteiger charge is 2.27. The summed E-state index contributed by atoms with van der Waals surface area (Å²) in [5.74, 6) is 1.07. The van der Waals surface area contributed by atoms with E-state index in [-0.39, 0.29) is 18.0 Å². The minimum atomic E-state index is -0.261. The Balaban J connectivity index is 1.57. The number of thioether (sulfide) groups is 1. The van der Waals surface area contributed by atoms with Crippen molar-refractivity contribution in [3.05, 3.63) is 106 Å². The second kappa shape index (κ2) is 12.9. The fourth-order valence-electron chi connectivity index (χ4n) is 4.11. The van der Waals surface area contributed by atoms with Crippen molar-refractivity contribution in [1.29, 1.82) is 5.26 Å². The fraction of sp³-hybridized carbons (Fsp3) is 0.226. The van der Waals surface area contributed by atoms with Crippen LogP contribution in [0.2, 0.25) is 0 Å². The molecule has 0 bridgehead atoms. The van der Waals surface area contributed by atoms with Crippen LogP contribution in [-0.4, -0.2) is 18.0 Å². The first-order valence-electron chi connectivity index (χ1n) is 12.6. The molecule has 7 heteroatoms. The Hall–Kier alpha value is -4.15. The van der Waals surface area contributed by atoms with Gasteiger partial charge in [0.15, 0.2) is 17.0 Å². The van der Waals surface area contributed by atoms with Crippen LogP contribution < -0.4 is 20.1 Å². The second-order valence-corrected chi connectivity index (χ2v) is 9.81. The van der Waals surface area contributed by atoms with Crippen molar-refractivity contribution >= 4 is 29.4 Å². The van der Waals surface area contributed by atoms with Crippen LogP contribution in [0.25, 0.3) is 6.08 Å². The highest BCUT2D eigenvalue weighted by molar-refractivity contribution is 8.05. The lowest BCUT2D eigenvalue weighted by Gasteiger charge is -2.17. The predicted molar refractivity (Wildman–Crippen MR) is 154 cm³/mol. The number of hydrogen-bond donors (Lipinski definition) is 2. The summed E-state index contributed by atoms with van der Waals surface area (Å²) >= 11 is 1.44. The SMILES string of the molecule is C=CCc1cc(/C=C2\S[C@@H](Nc3ccc(CC)cc3)NC2=O)cc(OCC)c1OCc1ccccc1C#N. The number of hydrogen-bond acceptors (Lipinski definition) is 6. The van der Waals surface area contributed by atoms with Crippen molar-refractivity contribution in [3.63, 3.8) is 0 Å². The Morgan fingerprint density at radius 3 is 2.61 bits per heavy atom. The van der Waals surface area contributed by atoms with E-state index in [1.807, 2.05) is 55.5 Å². The summed E-state index contributed by atoms with van der Waals surface area (Å²) in [5.41, 5.74) is 5.06. The molecule has 1 amide bonds. The van der Waals surface area contributed by atoms with E-state index >= 15 is 0 Å². The maximum atomic E-state index is 12.7. The molecule has 0 aromatic heterocycles. The number of carbonyl (C=O) groups is 1. The van der Waals surface area contributed by atoms with Crippen LogP contribution in [0.3, 0.4) is 0 Å².